The maximum Gasteiger partial charge on any atom is 0.262 e. The molecule has 0 spiro atoms. The summed E-state index contributed by atoms with van der Waals surface area (Å²) in [6.45, 7) is 3.86. The average molecular weight is 404 g/mol. The second-order valence-corrected chi connectivity index (χ2v) is 7.37. The van der Waals surface area contributed by atoms with E-state index in [-0.39, 0.29) is 17.2 Å². The minimum Gasteiger partial charge on any atom is -0.385 e. The maximum absolute atomic E-state index is 12.9. The Morgan fingerprint density at radius 3 is 2.86 bits per heavy atom. The molecule has 0 unspecified atom stereocenters. The smallest absolute Gasteiger partial charge is 0.262 e. The van der Waals surface area contributed by atoms with Crippen molar-refractivity contribution in [3.63, 3.8) is 0 Å². The van der Waals surface area contributed by atoms with Crippen LogP contribution in [-0.2, 0) is 16.1 Å². The Morgan fingerprint density at radius 2 is 2.07 bits per heavy atom. The Morgan fingerprint density at radius 1 is 1.25 bits per heavy atom. The number of aromatic nitrogens is 4. The van der Waals surface area contributed by atoms with Crippen LogP contribution in [0.5, 0.6) is 0 Å². The normalized spacial score (nSPS) is 11.4. The molecule has 0 fully saturated rings. The second kappa shape index (κ2) is 9.70. The molecule has 0 aliphatic heterocycles. The summed E-state index contributed by atoms with van der Waals surface area (Å²) in [4.78, 5) is 25.0. The number of methoxy groups -OCH3 is 1. The number of unbranched alkanes of at least 4 members (excludes halogenated alkanes) is 1. The Bertz CT molecular complexity index is 1010. The van der Waals surface area contributed by atoms with E-state index in [0.717, 1.165) is 24.8 Å². The monoisotopic (exact) mass is 403 g/mol. The molecule has 0 saturated heterocycles. The number of hydrogen-bond acceptors (Lipinski definition) is 6. The van der Waals surface area contributed by atoms with Crippen LogP contribution >= 0.6 is 11.8 Å². The molecule has 3 rings (SSSR count). The molecule has 150 valence electrons. The van der Waals surface area contributed by atoms with Gasteiger partial charge in [-0.15, -0.1) is 10.2 Å². The summed E-state index contributed by atoms with van der Waals surface area (Å²) in [6, 6.07) is 7.43. The first-order chi connectivity index (χ1) is 13.7. The van der Waals surface area contributed by atoms with E-state index in [1.165, 1.54) is 11.8 Å². The molecule has 9 heteroatoms. The highest BCUT2D eigenvalue weighted by molar-refractivity contribution is 7.99. The minimum atomic E-state index is -0.0681. The van der Waals surface area contributed by atoms with Crippen LogP contribution < -0.4 is 10.9 Å². The van der Waals surface area contributed by atoms with E-state index in [2.05, 4.69) is 22.4 Å². The van der Waals surface area contributed by atoms with E-state index in [1.54, 1.807) is 11.7 Å². The molecule has 2 aromatic heterocycles. The number of para-hydroxylation sites is 1. The number of nitrogens with zero attached hydrogens (tertiary/aromatic N) is 4. The number of fused-ring (bicyclic) bond motifs is 3. The minimum absolute atomic E-state index is 0.0589. The van der Waals surface area contributed by atoms with Crippen molar-refractivity contribution in [2.45, 2.75) is 37.9 Å². The lowest BCUT2D eigenvalue weighted by molar-refractivity contribution is -0.118. The number of hydrogen-bond donors (Lipinski definition) is 1. The van der Waals surface area contributed by atoms with Gasteiger partial charge >= 0.3 is 0 Å². The van der Waals surface area contributed by atoms with Gasteiger partial charge in [0.15, 0.2) is 5.16 Å². The van der Waals surface area contributed by atoms with Gasteiger partial charge in [-0.2, -0.15) is 0 Å². The first kappa shape index (κ1) is 20.3. The van der Waals surface area contributed by atoms with Gasteiger partial charge in [0, 0.05) is 26.8 Å². The third kappa shape index (κ3) is 4.36. The summed E-state index contributed by atoms with van der Waals surface area (Å²) in [6.07, 6.45) is 2.63. The summed E-state index contributed by atoms with van der Waals surface area (Å²) in [5.41, 5.74) is 0.694. The van der Waals surface area contributed by atoms with E-state index in [1.807, 2.05) is 28.7 Å². The fourth-order valence-electron chi connectivity index (χ4n) is 2.97. The standard InChI is InChI=1S/C19H25N5O3S/c1-3-4-11-23-17(26)14-8-5-6-9-15(14)24-18(23)21-22-19(24)28-13-16(25)20-10-7-12-27-2/h5-6,8-9H,3-4,7,10-13H2,1-2H3,(H,20,25). The van der Waals surface area contributed by atoms with E-state index in [9.17, 15) is 9.59 Å². The predicted molar refractivity (Wildman–Crippen MR) is 110 cm³/mol. The number of ether oxygens (including phenoxy) is 1. The molecule has 1 N–H and O–H groups in total. The Hall–Kier alpha value is -2.39. The lowest BCUT2D eigenvalue weighted by atomic mass is 10.2. The molecule has 0 aliphatic rings. The SMILES string of the molecule is CCCCn1c(=O)c2ccccc2n2c(SCC(=O)NCCCOC)nnc12. The summed E-state index contributed by atoms with van der Waals surface area (Å²) in [5, 5.41) is 12.6. The van der Waals surface area contributed by atoms with Gasteiger partial charge in [-0.05, 0) is 25.0 Å². The Kier molecular flexibility index (Phi) is 7.05. The van der Waals surface area contributed by atoms with Crippen molar-refractivity contribution < 1.29 is 9.53 Å². The molecular weight excluding hydrogens is 378 g/mol. The molecular formula is C19H25N5O3S. The molecule has 0 atom stereocenters. The highest BCUT2D eigenvalue weighted by Gasteiger charge is 2.17. The molecule has 2 heterocycles. The zero-order chi connectivity index (χ0) is 19.9. The molecule has 8 nitrogen and oxygen atoms in total. The largest absolute Gasteiger partial charge is 0.385 e. The molecule has 0 radical (unpaired) electrons. The number of nitrogens with one attached hydrogen (secondary N) is 1. The van der Waals surface area contributed by atoms with Gasteiger partial charge in [-0.3, -0.25) is 18.6 Å². The average Bonchev–Trinajstić information content (AvgIpc) is 3.13. The van der Waals surface area contributed by atoms with Crippen molar-refractivity contribution in [1.82, 2.24) is 24.5 Å². The number of aryl methyl sites for hydroxylation is 1. The van der Waals surface area contributed by atoms with Crippen LogP contribution in [0.2, 0.25) is 0 Å². The number of rotatable bonds is 10. The lowest BCUT2D eigenvalue weighted by Crippen LogP contribution is -2.27. The summed E-state index contributed by atoms with van der Waals surface area (Å²) < 4.78 is 8.52. The molecule has 3 aromatic rings. The van der Waals surface area contributed by atoms with Gasteiger partial charge in [0.2, 0.25) is 11.7 Å². The quantitative estimate of drug-likeness (QED) is 0.412. The van der Waals surface area contributed by atoms with Crippen molar-refractivity contribution in [2.75, 3.05) is 26.0 Å². The van der Waals surface area contributed by atoms with Gasteiger partial charge in [-0.1, -0.05) is 37.2 Å². The third-order valence-electron chi connectivity index (χ3n) is 4.39. The van der Waals surface area contributed by atoms with Gasteiger partial charge in [0.05, 0.1) is 16.7 Å². The van der Waals surface area contributed by atoms with Crippen LogP contribution in [0.4, 0.5) is 0 Å². The van der Waals surface area contributed by atoms with E-state index in [0.29, 0.717) is 36.0 Å². The summed E-state index contributed by atoms with van der Waals surface area (Å²) in [7, 11) is 1.64. The first-order valence-corrected chi connectivity index (χ1v) is 10.4. The fraction of sp³-hybridized carbons (Fsp3) is 0.474. The van der Waals surface area contributed by atoms with Crippen molar-refractivity contribution in [3.05, 3.63) is 34.6 Å². The van der Waals surface area contributed by atoms with E-state index < -0.39 is 0 Å². The molecule has 1 aromatic carbocycles. The van der Waals surface area contributed by atoms with Crippen molar-refractivity contribution in [3.8, 4) is 0 Å². The number of carbonyl (C=O) groups is 1. The number of carbonyl (C=O) groups excluding carboxylic acids is 1. The molecule has 0 bridgehead atoms. The van der Waals surface area contributed by atoms with Crippen molar-refractivity contribution in [1.29, 1.82) is 0 Å². The lowest BCUT2D eigenvalue weighted by Gasteiger charge is -2.10. The third-order valence-corrected chi connectivity index (χ3v) is 5.32. The van der Waals surface area contributed by atoms with Gasteiger partial charge in [0.1, 0.15) is 0 Å². The number of amides is 1. The number of thioether (sulfide) groups is 1. The van der Waals surface area contributed by atoms with Gasteiger partial charge in [-0.25, -0.2) is 0 Å². The van der Waals surface area contributed by atoms with Crippen LogP contribution in [0.3, 0.4) is 0 Å². The van der Waals surface area contributed by atoms with Crippen LogP contribution in [0, 0.1) is 0 Å². The molecule has 0 aliphatic carbocycles. The highest BCUT2D eigenvalue weighted by atomic mass is 32.2. The van der Waals surface area contributed by atoms with Crippen LogP contribution in [0.1, 0.15) is 26.2 Å². The summed E-state index contributed by atoms with van der Waals surface area (Å²) in [5.74, 6) is 0.678. The van der Waals surface area contributed by atoms with Crippen molar-refractivity contribution >= 4 is 34.3 Å². The van der Waals surface area contributed by atoms with Crippen LogP contribution in [-0.4, -0.2) is 51.1 Å². The van der Waals surface area contributed by atoms with E-state index >= 15 is 0 Å². The zero-order valence-corrected chi connectivity index (χ0v) is 17.0. The van der Waals surface area contributed by atoms with E-state index in [4.69, 9.17) is 4.74 Å². The van der Waals surface area contributed by atoms with Gasteiger partial charge < -0.3 is 10.1 Å². The zero-order valence-electron chi connectivity index (χ0n) is 16.2. The maximum atomic E-state index is 12.9. The van der Waals surface area contributed by atoms with Crippen LogP contribution in [0.15, 0.2) is 34.2 Å². The molecule has 0 saturated carbocycles. The highest BCUT2D eigenvalue weighted by Crippen LogP contribution is 2.21. The fourth-order valence-corrected chi connectivity index (χ4v) is 3.74. The predicted octanol–water partition coefficient (Wildman–Crippen LogP) is 2.09. The Balaban J connectivity index is 1.89. The first-order valence-electron chi connectivity index (χ1n) is 9.42. The van der Waals surface area contributed by atoms with Crippen molar-refractivity contribution in [2.24, 2.45) is 0 Å². The number of benzene rings is 1. The molecule has 28 heavy (non-hydrogen) atoms. The summed E-state index contributed by atoms with van der Waals surface area (Å²) >= 11 is 1.31. The second-order valence-electron chi connectivity index (χ2n) is 6.43. The topological polar surface area (TPSA) is 90.5 Å². The van der Waals surface area contributed by atoms with Gasteiger partial charge in [0.25, 0.3) is 5.56 Å². The Labute approximate surface area is 167 Å². The van der Waals surface area contributed by atoms with Crippen LogP contribution in [0.25, 0.3) is 16.7 Å². The molecule has 1 amide bonds.